The number of rotatable bonds is 10. The van der Waals surface area contributed by atoms with E-state index in [1.54, 1.807) is 60.7 Å². The van der Waals surface area contributed by atoms with Crippen LogP contribution in [0.2, 0.25) is 0 Å². The fraction of sp³-hybridized carbons (Fsp3) is 0.0526. The minimum absolute atomic E-state index is 0.374. The molecule has 0 N–H and O–H groups in total. The summed E-state index contributed by atoms with van der Waals surface area (Å²) in [4.78, 5) is 0. The molecule has 0 spiro atoms. The molecule has 0 atom stereocenters. The molecule has 6 rings (SSSR count). The Kier molecular flexibility index (Phi) is 8.60. The van der Waals surface area contributed by atoms with Gasteiger partial charge in [-0.15, -0.1) is 0 Å². The summed E-state index contributed by atoms with van der Waals surface area (Å²) in [5.74, 6) is 4.53. The third-order valence-corrected chi connectivity index (χ3v) is 6.69. The van der Waals surface area contributed by atoms with Crippen molar-refractivity contribution in [2.75, 3.05) is 0 Å². The lowest BCUT2D eigenvalue weighted by Gasteiger charge is -2.14. The van der Waals surface area contributed by atoms with Crippen molar-refractivity contribution in [2.45, 2.75) is 13.8 Å². The first-order valence-corrected chi connectivity index (χ1v) is 14.2. The molecule has 0 aromatic heterocycles. The highest BCUT2D eigenvalue weighted by Gasteiger charge is 2.10. The molecule has 0 aliphatic carbocycles. The Bertz CT molecular complexity index is 1820. The lowest BCUT2D eigenvalue weighted by Crippen LogP contribution is -1.93. The molecule has 0 bridgehead atoms. The van der Waals surface area contributed by atoms with Crippen molar-refractivity contribution >= 4 is 0 Å². The van der Waals surface area contributed by atoms with Crippen LogP contribution in [-0.4, -0.2) is 0 Å². The molecule has 0 heterocycles. The van der Waals surface area contributed by atoms with Gasteiger partial charge in [0, 0.05) is 36.4 Å². The SMILES string of the molecule is Cc1ccc(Oc2ccc(C)c(Oc3cccc(Oc4cccc(F)c4)c3)c2)cc1Oc1cccc(Oc2cccc(F)c2)c1. The number of ether oxygens (including phenoxy) is 5. The van der Waals surface area contributed by atoms with Gasteiger partial charge in [0.2, 0.25) is 0 Å². The highest BCUT2D eigenvalue weighted by Crippen LogP contribution is 2.36. The van der Waals surface area contributed by atoms with E-state index in [0.717, 1.165) is 11.1 Å². The summed E-state index contributed by atoms with van der Waals surface area (Å²) >= 11 is 0. The van der Waals surface area contributed by atoms with Crippen LogP contribution in [0.3, 0.4) is 0 Å². The van der Waals surface area contributed by atoms with E-state index in [0.29, 0.717) is 57.5 Å². The zero-order valence-corrected chi connectivity index (χ0v) is 24.5. The minimum atomic E-state index is -0.374. The number of aryl methyl sites for hydroxylation is 2. The van der Waals surface area contributed by atoms with Crippen LogP contribution < -0.4 is 23.7 Å². The van der Waals surface area contributed by atoms with Crippen molar-refractivity contribution in [1.29, 1.82) is 0 Å². The van der Waals surface area contributed by atoms with Crippen LogP contribution in [0.15, 0.2) is 133 Å². The molecule has 7 heteroatoms. The van der Waals surface area contributed by atoms with E-state index >= 15 is 0 Å². The van der Waals surface area contributed by atoms with Gasteiger partial charge in [0.1, 0.15) is 69.1 Å². The third kappa shape index (κ3) is 7.77. The molecule has 6 aromatic rings. The van der Waals surface area contributed by atoms with E-state index in [9.17, 15) is 8.78 Å². The van der Waals surface area contributed by atoms with Crippen molar-refractivity contribution in [3.05, 3.63) is 156 Å². The number of hydrogen-bond acceptors (Lipinski definition) is 5. The van der Waals surface area contributed by atoms with Gasteiger partial charge in [0.25, 0.3) is 0 Å². The number of hydrogen-bond donors (Lipinski definition) is 0. The maximum absolute atomic E-state index is 13.6. The predicted octanol–water partition coefficient (Wildman–Crippen LogP) is 11.5. The monoisotopic (exact) mass is 602 g/mol. The van der Waals surface area contributed by atoms with Crippen LogP contribution in [0.25, 0.3) is 0 Å². The van der Waals surface area contributed by atoms with Crippen molar-refractivity contribution in [2.24, 2.45) is 0 Å². The average molecular weight is 603 g/mol. The first-order chi connectivity index (χ1) is 21.9. The standard InChI is InChI=1S/C38H28F2O5/c1-25-15-17-35(23-37(25)44-33-13-5-11-31(21-33)41-29-9-3-7-27(39)19-29)43-36-18-16-26(2)38(24-36)45-34-14-6-12-32(22-34)42-30-10-4-8-28(40)20-30/h3-24H,1-2H3. The molecule has 0 unspecified atom stereocenters. The second kappa shape index (κ2) is 13.2. The van der Waals surface area contributed by atoms with Crippen molar-refractivity contribution < 1.29 is 32.5 Å². The van der Waals surface area contributed by atoms with Crippen molar-refractivity contribution in [3.63, 3.8) is 0 Å². The number of benzene rings is 6. The van der Waals surface area contributed by atoms with E-state index in [4.69, 9.17) is 23.7 Å². The van der Waals surface area contributed by atoms with Gasteiger partial charge < -0.3 is 23.7 Å². The van der Waals surface area contributed by atoms with Gasteiger partial charge in [-0.25, -0.2) is 8.78 Å². The van der Waals surface area contributed by atoms with Crippen molar-refractivity contribution in [3.8, 4) is 57.5 Å². The molecule has 224 valence electrons. The largest absolute Gasteiger partial charge is 0.457 e. The zero-order valence-electron chi connectivity index (χ0n) is 24.5. The van der Waals surface area contributed by atoms with Crippen LogP contribution >= 0.6 is 0 Å². The summed E-state index contributed by atoms with van der Waals surface area (Å²) in [5, 5.41) is 0. The Balaban J connectivity index is 1.15. The van der Waals surface area contributed by atoms with Crippen LogP contribution in [0.1, 0.15) is 11.1 Å². The fourth-order valence-corrected chi connectivity index (χ4v) is 4.43. The van der Waals surface area contributed by atoms with Gasteiger partial charge in [-0.3, -0.25) is 0 Å². The molecule has 0 fully saturated rings. The van der Waals surface area contributed by atoms with E-state index in [-0.39, 0.29) is 11.6 Å². The third-order valence-electron chi connectivity index (χ3n) is 6.69. The average Bonchev–Trinajstić information content (AvgIpc) is 3.01. The lowest BCUT2D eigenvalue weighted by molar-refractivity contribution is 0.442. The maximum Gasteiger partial charge on any atom is 0.134 e. The van der Waals surface area contributed by atoms with Crippen LogP contribution in [0.4, 0.5) is 8.78 Å². The van der Waals surface area contributed by atoms with Crippen LogP contribution in [-0.2, 0) is 0 Å². The first kappa shape index (κ1) is 29.3. The van der Waals surface area contributed by atoms with Gasteiger partial charge in [0.05, 0.1) is 0 Å². The highest BCUT2D eigenvalue weighted by atomic mass is 19.1. The summed E-state index contributed by atoms with van der Waals surface area (Å²) in [6.45, 7) is 3.88. The van der Waals surface area contributed by atoms with Gasteiger partial charge in [-0.05, 0) is 85.6 Å². The summed E-state index contributed by atoms with van der Waals surface area (Å²) in [7, 11) is 0. The van der Waals surface area contributed by atoms with Gasteiger partial charge in [-0.1, -0.05) is 36.4 Å². The Labute approximate surface area is 259 Å². The fourth-order valence-electron chi connectivity index (χ4n) is 4.43. The molecule has 0 aliphatic heterocycles. The highest BCUT2D eigenvalue weighted by molar-refractivity contribution is 5.48. The molecule has 45 heavy (non-hydrogen) atoms. The zero-order chi connectivity index (χ0) is 31.2. The molecule has 0 radical (unpaired) electrons. The normalized spacial score (nSPS) is 10.7. The Morgan fingerprint density at radius 1 is 0.333 bits per heavy atom. The molecular weight excluding hydrogens is 574 g/mol. The lowest BCUT2D eigenvalue weighted by atomic mass is 10.2. The molecule has 0 saturated heterocycles. The Morgan fingerprint density at radius 3 is 1.02 bits per heavy atom. The Hall–Kier alpha value is -5.82. The second-order valence-electron chi connectivity index (χ2n) is 10.2. The molecular formula is C38H28F2O5. The Morgan fingerprint density at radius 2 is 0.644 bits per heavy atom. The van der Waals surface area contributed by atoms with E-state index in [1.807, 2.05) is 62.4 Å². The quantitative estimate of drug-likeness (QED) is 0.156. The van der Waals surface area contributed by atoms with Gasteiger partial charge in [-0.2, -0.15) is 0 Å². The summed E-state index contributed by atoms with van der Waals surface area (Å²) < 4.78 is 57.3. The molecule has 5 nitrogen and oxygen atoms in total. The molecule has 0 saturated carbocycles. The molecule has 6 aromatic carbocycles. The van der Waals surface area contributed by atoms with E-state index < -0.39 is 0 Å². The minimum Gasteiger partial charge on any atom is -0.457 e. The van der Waals surface area contributed by atoms with E-state index in [2.05, 4.69) is 0 Å². The maximum atomic E-state index is 13.6. The van der Waals surface area contributed by atoms with E-state index in [1.165, 1.54) is 24.3 Å². The van der Waals surface area contributed by atoms with Crippen molar-refractivity contribution in [1.82, 2.24) is 0 Å². The summed E-state index contributed by atoms with van der Waals surface area (Å²) in [6.07, 6.45) is 0. The second-order valence-corrected chi connectivity index (χ2v) is 10.2. The predicted molar refractivity (Wildman–Crippen MR) is 168 cm³/mol. The van der Waals surface area contributed by atoms with Gasteiger partial charge in [0.15, 0.2) is 0 Å². The summed E-state index contributed by atoms with van der Waals surface area (Å²) in [6, 6.07) is 37.3. The first-order valence-electron chi connectivity index (χ1n) is 14.2. The van der Waals surface area contributed by atoms with Crippen LogP contribution in [0, 0.1) is 25.5 Å². The smallest absolute Gasteiger partial charge is 0.134 e. The topological polar surface area (TPSA) is 46.2 Å². The van der Waals surface area contributed by atoms with Crippen LogP contribution in [0.5, 0.6) is 57.5 Å². The number of halogens is 2. The summed E-state index contributed by atoms with van der Waals surface area (Å²) in [5.41, 5.74) is 1.82. The van der Waals surface area contributed by atoms with Gasteiger partial charge >= 0.3 is 0 Å². The molecule has 0 amide bonds. The molecule has 0 aliphatic rings.